The van der Waals surface area contributed by atoms with Gasteiger partial charge >= 0.3 is 0 Å². The molecule has 1 fully saturated rings. The van der Waals surface area contributed by atoms with Crippen LogP contribution in [0.15, 0.2) is 53.9 Å². The Balaban J connectivity index is 1.56. The molecule has 1 aliphatic heterocycles. The van der Waals surface area contributed by atoms with Gasteiger partial charge in [0.25, 0.3) is 0 Å². The van der Waals surface area contributed by atoms with E-state index in [-0.39, 0.29) is 5.91 Å². The quantitative estimate of drug-likeness (QED) is 0.698. The lowest BCUT2D eigenvalue weighted by atomic mass is 10.2. The third-order valence-electron chi connectivity index (χ3n) is 4.92. The van der Waals surface area contributed by atoms with Gasteiger partial charge in [0.1, 0.15) is 0 Å². The summed E-state index contributed by atoms with van der Waals surface area (Å²) in [5.41, 5.74) is 1.35. The Morgan fingerprint density at radius 3 is 2.23 bits per heavy atom. The molecule has 9 heteroatoms. The summed E-state index contributed by atoms with van der Waals surface area (Å²) in [5, 5.41) is 4.92. The van der Waals surface area contributed by atoms with Crippen molar-refractivity contribution in [1.29, 1.82) is 0 Å². The maximum absolute atomic E-state index is 12.6. The minimum absolute atomic E-state index is 0.200. The van der Waals surface area contributed by atoms with E-state index in [4.69, 9.17) is 23.2 Å². The molecule has 0 spiro atoms. The number of hydrogen-bond acceptors (Lipinski definition) is 4. The number of piperazine rings is 1. The second-order valence-corrected chi connectivity index (χ2v) is 9.71. The van der Waals surface area contributed by atoms with Gasteiger partial charge in [0.15, 0.2) is 0 Å². The van der Waals surface area contributed by atoms with Crippen molar-refractivity contribution in [3.63, 3.8) is 0 Å². The minimum Gasteiger partial charge on any atom is -0.325 e. The van der Waals surface area contributed by atoms with Crippen LogP contribution >= 0.6 is 23.2 Å². The number of sulfonamides is 1. The molecule has 1 saturated heterocycles. The predicted octanol–water partition coefficient (Wildman–Crippen LogP) is 3.94. The van der Waals surface area contributed by atoms with Crippen molar-refractivity contribution in [2.75, 3.05) is 31.5 Å². The SMILES string of the molecule is C[C@@H](C(=O)Nc1cc(Cl)cc(Cl)c1)N1CCN(S(=O)(=O)/C=C/c2ccccc2)CC1. The van der Waals surface area contributed by atoms with E-state index < -0.39 is 16.1 Å². The third-order valence-corrected chi connectivity index (χ3v) is 6.92. The Morgan fingerprint density at radius 1 is 1.03 bits per heavy atom. The molecule has 0 unspecified atom stereocenters. The van der Waals surface area contributed by atoms with E-state index in [0.29, 0.717) is 41.9 Å². The fraction of sp³-hybridized carbons (Fsp3) is 0.286. The lowest BCUT2D eigenvalue weighted by Crippen LogP contribution is -2.53. The molecule has 1 heterocycles. The van der Waals surface area contributed by atoms with Crippen LogP contribution in [0, 0.1) is 0 Å². The zero-order chi connectivity index (χ0) is 21.7. The number of anilines is 1. The van der Waals surface area contributed by atoms with E-state index in [2.05, 4.69) is 5.32 Å². The second kappa shape index (κ2) is 9.94. The lowest BCUT2D eigenvalue weighted by molar-refractivity contribution is -0.121. The topological polar surface area (TPSA) is 69.7 Å². The number of carbonyl (C=O) groups is 1. The van der Waals surface area contributed by atoms with Gasteiger partial charge in [0.2, 0.25) is 15.9 Å². The van der Waals surface area contributed by atoms with Gasteiger partial charge in [-0.3, -0.25) is 9.69 Å². The molecule has 160 valence electrons. The highest BCUT2D eigenvalue weighted by atomic mass is 35.5. The highest BCUT2D eigenvalue weighted by molar-refractivity contribution is 7.92. The Kier molecular flexibility index (Phi) is 7.55. The van der Waals surface area contributed by atoms with Gasteiger partial charge in [0, 0.05) is 47.3 Å². The summed E-state index contributed by atoms with van der Waals surface area (Å²) in [4.78, 5) is 14.5. The molecule has 1 N–H and O–H groups in total. The molecule has 30 heavy (non-hydrogen) atoms. The number of nitrogens with zero attached hydrogens (tertiary/aromatic N) is 2. The van der Waals surface area contributed by atoms with Crippen molar-refractivity contribution >= 4 is 50.9 Å². The van der Waals surface area contributed by atoms with E-state index >= 15 is 0 Å². The summed E-state index contributed by atoms with van der Waals surface area (Å²) < 4.78 is 26.6. The molecule has 2 aromatic rings. The Bertz CT molecular complexity index is 1000. The average molecular weight is 468 g/mol. The Morgan fingerprint density at radius 2 is 1.63 bits per heavy atom. The molecular weight excluding hydrogens is 445 g/mol. The van der Waals surface area contributed by atoms with Gasteiger partial charge in [0.05, 0.1) is 6.04 Å². The molecule has 1 atom stereocenters. The molecule has 0 aromatic heterocycles. The predicted molar refractivity (Wildman–Crippen MR) is 122 cm³/mol. The molecular formula is C21H23Cl2N3O3S. The third kappa shape index (κ3) is 6.06. The van der Waals surface area contributed by atoms with Crippen LogP contribution in [0.4, 0.5) is 5.69 Å². The fourth-order valence-corrected chi connectivity index (χ4v) is 4.90. The molecule has 0 bridgehead atoms. The van der Waals surface area contributed by atoms with E-state index in [9.17, 15) is 13.2 Å². The molecule has 6 nitrogen and oxygen atoms in total. The summed E-state index contributed by atoms with van der Waals surface area (Å²) in [7, 11) is -3.51. The van der Waals surface area contributed by atoms with E-state index in [1.807, 2.05) is 35.2 Å². The highest BCUT2D eigenvalue weighted by Gasteiger charge is 2.29. The van der Waals surface area contributed by atoms with Crippen molar-refractivity contribution < 1.29 is 13.2 Å². The van der Waals surface area contributed by atoms with Crippen LogP contribution in [0.1, 0.15) is 12.5 Å². The van der Waals surface area contributed by atoms with Gasteiger partial charge in [-0.1, -0.05) is 53.5 Å². The summed E-state index contributed by atoms with van der Waals surface area (Å²) in [6.45, 7) is 3.36. The zero-order valence-corrected chi connectivity index (χ0v) is 18.8. The summed E-state index contributed by atoms with van der Waals surface area (Å²) in [6.07, 6.45) is 1.59. The lowest BCUT2D eigenvalue weighted by Gasteiger charge is -2.36. The minimum atomic E-state index is -3.51. The standard InChI is InChI=1S/C21H23Cl2N3O3S/c1-16(21(27)24-20-14-18(22)13-19(23)15-20)25-8-10-26(11-9-25)30(28,29)12-7-17-5-3-2-4-6-17/h2-7,12-16H,8-11H2,1H3,(H,24,27)/b12-7+/t16-/m0/s1. The molecule has 1 aliphatic rings. The Hall–Kier alpha value is -1.90. The number of hydrogen-bond donors (Lipinski definition) is 1. The van der Waals surface area contributed by atoms with Crippen LogP contribution in [0.3, 0.4) is 0 Å². The largest absolute Gasteiger partial charge is 0.325 e. The molecule has 3 rings (SSSR count). The van der Waals surface area contributed by atoms with Gasteiger partial charge < -0.3 is 5.32 Å². The monoisotopic (exact) mass is 467 g/mol. The van der Waals surface area contributed by atoms with Crippen molar-refractivity contribution in [1.82, 2.24) is 9.21 Å². The van der Waals surface area contributed by atoms with Crippen LogP contribution in [0.2, 0.25) is 10.0 Å². The Labute approximate surface area is 187 Å². The molecule has 0 aliphatic carbocycles. The number of benzene rings is 2. The van der Waals surface area contributed by atoms with Crippen LogP contribution in [-0.2, 0) is 14.8 Å². The molecule has 0 radical (unpaired) electrons. The summed E-state index contributed by atoms with van der Waals surface area (Å²) in [6, 6.07) is 13.7. The number of halogens is 2. The fourth-order valence-electron chi connectivity index (χ4n) is 3.20. The van der Waals surface area contributed by atoms with Crippen molar-refractivity contribution in [2.45, 2.75) is 13.0 Å². The first kappa shape index (κ1) is 22.8. The van der Waals surface area contributed by atoms with Gasteiger partial charge in [-0.05, 0) is 36.8 Å². The molecule has 2 aromatic carbocycles. The second-order valence-electron chi connectivity index (χ2n) is 7.02. The van der Waals surface area contributed by atoms with Crippen LogP contribution < -0.4 is 5.32 Å². The normalized spacial score (nSPS) is 17.2. The van der Waals surface area contributed by atoms with E-state index in [1.54, 1.807) is 31.2 Å². The maximum atomic E-state index is 12.6. The number of amides is 1. The summed E-state index contributed by atoms with van der Waals surface area (Å²) in [5.74, 6) is -0.200. The first-order chi connectivity index (χ1) is 14.2. The van der Waals surface area contributed by atoms with Crippen molar-refractivity contribution in [3.05, 3.63) is 69.5 Å². The summed E-state index contributed by atoms with van der Waals surface area (Å²) >= 11 is 11.9. The average Bonchev–Trinajstić information content (AvgIpc) is 2.72. The number of rotatable bonds is 6. The first-order valence-electron chi connectivity index (χ1n) is 9.49. The van der Waals surface area contributed by atoms with E-state index in [0.717, 1.165) is 5.56 Å². The van der Waals surface area contributed by atoms with Crippen LogP contribution in [0.5, 0.6) is 0 Å². The zero-order valence-electron chi connectivity index (χ0n) is 16.5. The highest BCUT2D eigenvalue weighted by Crippen LogP contribution is 2.23. The van der Waals surface area contributed by atoms with Gasteiger partial charge in [-0.2, -0.15) is 4.31 Å². The van der Waals surface area contributed by atoms with Crippen LogP contribution in [0.25, 0.3) is 6.08 Å². The molecule has 0 saturated carbocycles. The van der Waals surface area contributed by atoms with Gasteiger partial charge in [-0.15, -0.1) is 0 Å². The van der Waals surface area contributed by atoms with Crippen molar-refractivity contribution in [3.8, 4) is 0 Å². The van der Waals surface area contributed by atoms with Gasteiger partial charge in [-0.25, -0.2) is 8.42 Å². The number of carbonyl (C=O) groups excluding carboxylic acids is 1. The molecule has 1 amide bonds. The van der Waals surface area contributed by atoms with E-state index in [1.165, 1.54) is 9.71 Å². The number of nitrogens with one attached hydrogen (secondary N) is 1. The smallest absolute Gasteiger partial charge is 0.241 e. The van der Waals surface area contributed by atoms with Crippen LogP contribution in [-0.4, -0.2) is 55.8 Å². The van der Waals surface area contributed by atoms with Crippen molar-refractivity contribution in [2.24, 2.45) is 0 Å². The maximum Gasteiger partial charge on any atom is 0.241 e. The first-order valence-corrected chi connectivity index (χ1v) is 11.7.